The summed E-state index contributed by atoms with van der Waals surface area (Å²) in [6.45, 7) is 1.98. The Kier molecular flexibility index (Phi) is 9.03. The van der Waals surface area contributed by atoms with Gasteiger partial charge in [-0.05, 0) is 104 Å². The second kappa shape index (κ2) is 13.7. The zero-order chi connectivity index (χ0) is 34.1. The summed E-state index contributed by atoms with van der Waals surface area (Å²) >= 11 is 3.82. The van der Waals surface area contributed by atoms with Crippen molar-refractivity contribution in [2.75, 3.05) is 7.11 Å². The molecule has 0 fully saturated rings. The Morgan fingerprint density at radius 3 is 1.94 bits per heavy atom. The van der Waals surface area contributed by atoms with Crippen LogP contribution < -0.4 is 4.74 Å². The second-order valence-electron chi connectivity index (χ2n) is 12.1. The van der Waals surface area contributed by atoms with Gasteiger partial charge < -0.3 is 9.84 Å². The number of phenolic OH excluding ortho intramolecular Hbond substituents is 1. The predicted octanol–water partition coefficient (Wildman–Crippen LogP) is 12.8. The van der Waals surface area contributed by atoms with E-state index in [1.807, 2.05) is 79.7 Å². The molecule has 0 saturated heterocycles. The topological polar surface area (TPSA) is 29.5 Å². The van der Waals surface area contributed by atoms with Crippen molar-refractivity contribution in [3.05, 3.63) is 161 Å². The molecule has 242 valence electrons. The van der Waals surface area contributed by atoms with Gasteiger partial charge in [0.1, 0.15) is 23.1 Å². The summed E-state index contributed by atoms with van der Waals surface area (Å²) in [6, 6.07) is 34.5. The van der Waals surface area contributed by atoms with Crippen LogP contribution in [0.15, 0.2) is 138 Å². The van der Waals surface area contributed by atoms with Gasteiger partial charge in [0.15, 0.2) is 0 Å². The minimum Gasteiger partial charge on any atom is -0.507 e. The van der Waals surface area contributed by atoms with E-state index < -0.39 is 5.82 Å². The largest absolute Gasteiger partial charge is 0.507 e. The van der Waals surface area contributed by atoms with Crippen LogP contribution in [-0.2, 0) is 0 Å². The standard InChI is InChI=1S/C44H33BrF2O2/c1-27-12-6-7-15-31(27)40-37(29-22-24-30(46)25-23-29)26-38(41(44(40)48)36-16-8-9-21-39(36)49-2)35-20-11-19-34(43(35)47)33-18-10-17-32(42(33)45)28-13-4-3-5-14-28/h3-4,6-12,14-26,48H,5,13H2,1-2H3. The maximum absolute atomic E-state index is 17.3. The van der Waals surface area contributed by atoms with Crippen LogP contribution in [-0.4, -0.2) is 12.2 Å². The minimum absolute atomic E-state index is 0.0269. The monoisotopic (exact) mass is 710 g/mol. The van der Waals surface area contributed by atoms with E-state index in [9.17, 15) is 9.50 Å². The fourth-order valence-electron chi connectivity index (χ4n) is 6.74. The van der Waals surface area contributed by atoms with Crippen LogP contribution in [0.5, 0.6) is 11.5 Å². The molecule has 0 aliphatic heterocycles. The Labute approximate surface area is 293 Å². The summed E-state index contributed by atoms with van der Waals surface area (Å²) in [5.41, 5.74) is 8.85. The first kappa shape index (κ1) is 32.3. The SMILES string of the molecule is COc1ccccc1-c1c(-c2cccc(-c3cccc(C4=CCC=CC4)c3Br)c2F)cc(-c2ccc(F)cc2)c(-c2ccccc2C)c1O. The van der Waals surface area contributed by atoms with Gasteiger partial charge in [0.25, 0.3) is 0 Å². The Morgan fingerprint density at radius 2 is 1.24 bits per heavy atom. The normalized spacial score (nSPS) is 12.6. The van der Waals surface area contributed by atoms with E-state index in [0.717, 1.165) is 39.6 Å². The minimum atomic E-state index is -0.429. The molecule has 6 aromatic carbocycles. The number of para-hydroxylation sites is 1. The highest BCUT2D eigenvalue weighted by molar-refractivity contribution is 9.10. The van der Waals surface area contributed by atoms with Gasteiger partial charge in [-0.3, -0.25) is 0 Å². The first-order valence-electron chi connectivity index (χ1n) is 16.1. The van der Waals surface area contributed by atoms with Crippen LogP contribution in [0.3, 0.4) is 0 Å². The zero-order valence-corrected chi connectivity index (χ0v) is 28.7. The van der Waals surface area contributed by atoms with Crippen molar-refractivity contribution >= 4 is 21.5 Å². The maximum atomic E-state index is 17.3. The molecule has 7 rings (SSSR count). The number of hydrogen-bond acceptors (Lipinski definition) is 2. The number of hydrogen-bond donors (Lipinski definition) is 1. The Hall–Kier alpha value is -5.26. The van der Waals surface area contributed by atoms with Crippen LogP contribution in [0.25, 0.3) is 61.2 Å². The molecule has 0 atom stereocenters. The lowest BCUT2D eigenvalue weighted by atomic mass is 9.82. The van der Waals surface area contributed by atoms with E-state index in [4.69, 9.17) is 4.74 Å². The van der Waals surface area contributed by atoms with Crippen molar-refractivity contribution in [3.63, 3.8) is 0 Å². The summed E-state index contributed by atoms with van der Waals surface area (Å²) in [4.78, 5) is 0. The molecular weight excluding hydrogens is 678 g/mol. The molecule has 0 saturated carbocycles. The van der Waals surface area contributed by atoms with Gasteiger partial charge in [-0.1, -0.05) is 109 Å². The quantitative estimate of drug-likeness (QED) is 0.167. The number of aromatic hydroxyl groups is 1. The van der Waals surface area contributed by atoms with Crippen molar-refractivity contribution in [2.24, 2.45) is 0 Å². The van der Waals surface area contributed by atoms with Crippen LogP contribution in [0.1, 0.15) is 24.0 Å². The third kappa shape index (κ3) is 6.00. The number of rotatable bonds is 7. The van der Waals surface area contributed by atoms with E-state index in [1.165, 1.54) is 17.7 Å². The maximum Gasteiger partial charge on any atom is 0.138 e. The molecule has 1 N–H and O–H groups in total. The Morgan fingerprint density at radius 1 is 0.633 bits per heavy atom. The lowest BCUT2D eigenvalue weighted by Gasteiger charge is -2.23. The van der Waals surface area contributed by atoms with Crippen molar-refractivity contribution in [1.82, 2.24) is 0 Å². The number of ether oxygens (including phenoxy) is 1. The van der Waals surface area contributed by atoms with Crippen molar-refractivity contribution in [2.45, 2.75) is 19.8 Å². The zero-order valence-electron chi connectivity index (χ0n) is 27.1. The van der Waals surface area contributed by atoms with Crippen molar-refractivity contribution in [1.29, 1.82) is 0 Å². The molecular formula is C44H33BrF2O2. The Balaban J connectivity index is 1.55. The lowest BCUT2D eigenvalue weighted by Crippen LogP contribution is -1.99. The molecule has 0 radical (unpaired) electrons. The fourth-order valence-corrected chi connectivity index (χ4v) is 7.48. The fraction of sp³-hybridized carbons (Fsp3) is 0.0909. The van der Waals surface area contributed by atoms with E-state index in [1.54, 1.807) is 31.4 Å². The highest BCUT2D eigenvalue weighted by atomic mass is 79.9. The van der Waals surface area contributed by atoms with Crippen molar-refractivity contribution in [3.8, 4) is 67.1 Å². The third-order valence-corrected chi connectivity index (χ3v) is 10.0. The number of phenols is 1. The first-order chi connectivity index (χ1) is 23.9. The molecule has 1 aliphatic rings. The molecule has 0 amide bonds. The van der Waals surface area contributed by atoms with Gasteiger partial charge in [-0.25, -0.2) is 8.78 Å². The summed E-state index contributed by atoms with van der Waals surface area (Å²) in [6.07, 6.45) is 8.17. The summed E-state index contributed by atoms with van der Waals surface area (Å²) < 4.78 is 38.1. The second-order valence-corrected chi connectivity index (χ2v) is 12.9. The lowest BCUT2D eigenvalue weighted by molar-refractivity contribution is 0.416. The molecule has 49 heavy (non-hydrogen) atoms. The van der Waals surface area contributed by atoms with Gasteiger partial charge in [-0.2, -0.15) is 0 Å². The van der Waals surface area contributed by atoms with Gasteiger partial charge in [0.2, 0.25) is 0 Å². The number of allylic oxidation sites excluding steroid dienone is 4. The molecule has 6 aromatic rings. The molecule has 5 heteroatoms. The molecule has 0 spiro atoms. The van der Waals surface area contributed by atoms with Crippen LogP contribution in [0.2, 0.25) is 0 Å². The van der Waals surface area contributed by atoms with Crippen LogP contribution in [0.4, 0.5) is 8.78 Å². The summed E-state index contributed by atoms with van der Waals surface area (Å²) in [5, 5.41) is 12.5. The van der Waals surface area contributed by atoms with Gasteiger partial charge >= 0.3 is 0 Å². The summed E-state index contributed by atoms with van der Waals surface area (Å²) in [7, 11) is 1.58. The van der Waals surface area contributed by atoms with Gasteiger partial charge in [0.05, 0.1) is 7.11 Å². The van der Waals surface area contributed by atoms with Crippen LogP contribution in [0, 0.1) is 18.6 Å². The number of methoxy groups -OCH3 is 1. The van der Waals surface area contributed by atoms with Crippen LogP contribution >= 0.6 is 15.9 Å². The molecule has 2 nitrogen and oxygen atoms in total. The van der Waals surface area contributed by atoms with Gasteiger partial charge in [0, 0.05) is 32.3 Å². The van der Waals surface area contributed by atoms with E-state index in [2.05, 4.69) is 40.2 Å². The van der Waals surface area contributed by atoms with Crippen molar-refractivity contribution < 1.29 is 18.6 Å². The highest BCUT2D eigenvalue weighted by Gasteiger charge is 2.27. The average molecular weight is 712 g/mol. The Bertz CT molecular complexity index is 2270. The third-order valence-electron chi connectivity index (χ3n) is 9.18. The number of benzene rings is 6. The first-order valence-corrected chi connectivity index (χ1v) is 16.9. The summed E-state index contributed by atoms with van der Waals surface area (Å²) in [5.74, 6) is -0.294. The molecule has 0 aromatic heterocycles. The van der Waals surface area contributed by atoms with E-state index >= 15 is 4.39 Å². The highest BCUT2D eigenvalue weighted by Crippen LogP contribution is 2.53. The number of aryl methyl sites for hydroxylation is 1. The van der Waals surface area contributed by atoms with Gasteiger partial charge in [-0.15, -0.1) is 0 Å². The molecule has 0 heterocycles. The number of halogens is 3. The molecule has 0 unspecified atom stereocenters. The molecule has 1 aliphatic carbocycles. The van der Waals surface area contributed by atoms with E-state index in [0.29, 0.717) is 50.3 Å². The smallest absolute Gasteiger partial charge is 0.138 e. The predicted molar refractivity (Wildman–Crippen MR) is 201 cm³/mol. The average Bonchev–Trinajstić information content (AvgIpc) is 3.13. The molecule has 0 bridgehead atoms. The van der Waals surface area contributed by atoms with E-state index in [-0.39, 0.29) is 11.6 Å².